The van der Waals surface area contributed by atoms with E-state index in [9.17, 15) is 19.2 Å². The zero-order chi connectivity index (χ0) is 22.2. The highest BCUT2D eigenvalue weighted by Gasteiger charge is 2.28. The number of benzene rings is 1. The average Bonchev–Trinajstić information content (AvgIpc) is 2.80. The van der Waals surface area contributed by atoms with Gasteiger partial charge >= 0.3 is 11.9 Å². The standard InChI is InChI=1S/C22H27NO8/c1-2-28-22(27)15-7-9-23(10-8-15)20(25)14-31-21(26)6-4-17(24)16-3-5-18-19(13-16)30-12-11-29-18/h3,5,13,15H,2,4,6-12,14H2,1H3. The Hall–Kier alpha value is -3.10. The van der Waals surface area contributed by atoms with Crippen LogP contribution in [0.5, 0.6) is 11.5 Å². The SMILES string of the molecule is CCOC(=O)C1CCN(C(=O)COC(=O)CCC(=O)c2ccc3c(c2)OCCO3)CC1. The van der Waals surface area contributed by atoms with Gasteiger partial charge in [0, 0.05) is 25.1 Å². The molecule has 0 bridgehead atoms. The minimum absolute atomic E-state index is 0.0302. The van der Waals surface area contributed by atoms with Gasteiger partial charge in [0.1, 0.15) is 13.2 Å². The van der Waals surface area contributed by atoms with Gasteiger partial charge in [-0.05, 0) is 38.0 Å². The van der Waals surface area contributed by atoms with Gasteiger partial charge in [0.05, 0.1) is 18.9 Å². The second kappa shape index (κ2) is 10.8. The Balaban J connectivity index is 1.37. The van der Waals surface area contributed by atoms with E-state index in [4.69, 9.17) is 18.9 Å². The van der Waals surface area contributed by atoms with Crippen molar-refractivity contribution in [2.45, 2.75) is 32.6 Å². The smallest absolute Gasteiger partial charge is 0.309 e. The third-order valence-electron chi connectivity index (χ3n) is 5.24. The molecule has 0 aliphatic carbocycles. The van der Waals surface area contributed by atoms with E-state index in [0.29, 0.717) is 62.8 Å². The molecule has 2 heterocycles. The molecular formula is C22H27NO8. The van der Waals surface area contributed by atoms with Crippen LogP contribution in [0.3, 0.4) is 0 Å². The molecule has 0 atom stereocenters. The first-order valence-corrected chi connectivity index (χ1v) is 10.5. The van der Waals surface area contributed by atoms with Crippen LogP contribution in [0.4, 0.5) is 0 Å². The number of esters is 2. The topological polar surface area (TPSA) is 108 Å². The van der Waals surface area contributed by atoms with Crippen molar-refractivity contribution in [3.8, 4) is 11.5 Å². The molecule has 2 aliphatic heterocycles. The van der Waals surface area contributed by atoms with E-state index >= 15 is 0 Å². The Morgan fingerprint density at radius 2 is 1.71 bits per heavy atom. The van der Waals surface area contributed by atoms with Gasteiger partial charge in [-0.25, -0.2) is 0 Å². The van der Waals surface area contributed by atoms with Crippen LogP contribution in [-0.4, -0.2) is 68.0 Å². The highest BCUT2D eigenvalue weighted by atomic mass is 16.6. The molecule has 1 fully saturated rings. The molecule has 168 valence electrons. The van der Waals surface area contributed by atoms with Crippen molar-refractivity contribution in [1.82, 2.24) is 4.90 Å². The first-order valence-electron chi connectivity index (χ1n) is 10.5. The predicted molar refractivity (Wildman–Crippen MR) is 108 cm³/mol. The molecule has 3 rings (SSSR count). The monoisotopic (exact) mass is 433 g/mol. The van der Waals surface area contributed by atoms with Crippen LogP contribution in [0.25, 0.3) is 0 Å². The van der Waals surface area contributed by atoms with E-state index < -0.39 is 5.97 Å². The second-order valence-corrected chi connectivity index (χ2v) is 7.35. The summed E-state index contributed by atoms with van der Waals surface area (Å²) in [4.78, 5) is 49.9. The summed E-state index contributed by atoms with van der Waals surface area (Å²) in [7, 11) is 0. The number of Topliss-reactive ketones (excluding diaryl/α,β-unsaturated/α-hetero) is 1. The van der Waals surface area contributed by atoms with Crippen molar-refractivity contribution < 1.29 is 38.1 Å². The molecule has 0 N–H and O–H groups in total. The molecule has 9 nitrogen and oxygen atoms in total. The molecule has 9 heteroatoms. The summed E-state index contributed by atoms with van der Waals surface area (Å²) in [6, 6.07) is 4.90. The number of rotatable bonds is 8. The Morgan fingerprint density at radius 1 is 1.00 bits per heavy atom. The van der Waals surface area contributed by atoms with E-state index in [2.05, 4.69) is 0 Å². The van der Waals surface area contributed by atoms with Crippen molar-refractivity contribution in [2.24, 2.45) is 5.92 Å². The van der Waals surface area contributed by atoms with E-state index in [1.54, 1.807) is 30.0 Å². The molecule has 0 spiro atoms. The molecule has 31 heavy (non-hydrogen) atoms. The second-order valence-electron chi connectivity index (χ2n) is 7.35. The number of ketones is 1. The highest BCUT2D eigenvalue weighted by Crippen LogP contribution is 2.31. The van der Waals surface area contributed by atoms with E-state index in [0.717, 1.165) is 0 Å². The van der Waals surface area contributed by atoms with Crippen LogP contribution < -0.4 is 9.47 Å². The lowest BCUT2D eigenvalue weighted by atomic mass is 9.97. The van der Waals surface area contributed by atoms with E-state index in [1.807, 2.05) is 0 Å². The number of carbonyl (C=O) groups excluding carboxylic acids is 4. The molecular weight excluding hydrogens is 406 g/mol. The summed E-state index contributed by atoms with van der Waals surface area (Å²) >= 11 is 0. The zero-order valence-corrected chi connectivity index (χ0v) is 17.6. The molecule has 1 amide bonds. The first-order chi connectivity index (χ1) is 15.0. The van der Waals surface area contributed by atoms with Gasteiger partial charge in [-0.15, -0.1) is 0 Å². The van der Waals surface area contributed by atoms with Gasteiger partial charge in [0.2, 0.25) is 0 Å². The van der Waals surface area contributed by atoms with Crippen LogP contribution in [0.1, 0.15) is 43.0 Å². The van der Waals surface area contributed by atoms with Gasteiger partial charge in [-0.1, -0.05) is 0 Å². The summed E-state index contributed by atoms with van der Waals surface area (Å²) in [5.41, 5.74) is 0.428. The molecule has 1 saturated heterocycles. The number of ether oxygens (including phenoxy) is 4. The van der Waals surface area contributed by atoms with Crippen LogP contribution in [0, 0.1) is 5.92 Å². The maximum absolute atomic E-state index is 12.3. The third-order valence-corrected chi connectivity index (χ3v) is 5.24. The summed E-state index contributed by atoms with van der Waals surface area (Å²) in [6.07, 6.45) is 0.911. The van der Waals surface area contributed by atoms with Crippen LogP contribution >= 0.6 is 0 Å². The summed E-state index contributed by atoms with van der Waals surface area (Å²) in [5.74, 6) is -0.471. The lowest BCUT2D eigenvalue weighted by molar-refractivity contribution is -0.154. The van der Waals surface area contributed by atoms with Crippen molar-refractivity contribution >= 4 is 23.6 Å². The fourth-order valence-electron chi connectivity index (χ4n) is 3.51. The number of fused-ring (bicyclic) bond motifs is 1. The maximum atomic E-state index is 12.3. The number of hydrogen-bond acceptors (Lipinski definition) is 8. The molecule has 0 saturated carbocycles. The number of piperidine rings is 1. The van der Waals surface area contributed by atoms with Crippen LogP contribution in [-0.2, 0) is 23.9 Å². The van der Waals surface area contributed by atoms with Gasteiger partial charge in [0.15, 0.2) is 23.9 Å². The Labute approximate surface area is 180 Å². The van der Waals surface area contributed by atoms with Crippen molar-refractivity contribution in [3.63, 3.8) is 0 Å². The quantitative estimate of drug-likeness (QED) is 0.451. The van der Waals surface area contributed by atoms with Gasteiger partial charge in [0.25, 0.3) is 5.91 Å². The van der Waals surface area contributed by atoms with Crippen LogP contribution in [0.2, 0.25) is 0 Å². The molecule has 1 aromatic carbocycles. The summed E-state index contributed by atoms with van der Waals surface area (Å²) in [5, 5.41) is 0. The number of nitrogens with zero attached hydrogens (tertiary/aromatic N) is 1. The summed E-state index contributed by atoms with van der Waals surface area (Å²) < 4.78 is 20.9. The molecule has 0 radical (unpaired) electrons. The van der Waals surface area contributed by atoms with Gasteiger partial charge in [-0.2, -0.15) is 0 Å². The van der Waals surface area contributed by atoms with Crippen LogP contribution in [0.15, 0.2) is 18.2 Å². The third kappa shape index (κ3) is 6.19. The fraction of sp³-hybridized carbons (Fsp3) is 0.545. The number of carbonyl (C=O) groups is 4. The van der Waals surface area contributed by atoms with Crippen molar-refractivity contribution in [3.05, 3.63) is 23.8 Å². The molecule has 0 unspecified atom stereocenters. The fourth-order valence-corrected chi connectivity index (χ4v) is 3.51. The molecule has 0 aromatic heterocycles. The van der Waals surface area contributed by atoms with E-state index in [-0.39, 0.29) is 43.0 Å². The average molecular weight is 433 g/mol. The lowest BCUT2D eigenvalue weighted by Gasteiger charge is -2.30. The van der Waals surface area contributed by atoms with E-state index in [1.165, 1.54) is 0 Å². The zero-order valence-electron chi connectivity index (χ0n) is 17.6. The Kier molecular flexibility index (Phi) is 7.86. The molecule has 1 aromatic rings. The lowest BCUT2D eigenvalue weighted by Crippen LogP contribution is -2.42. The highest BCUT2D eigenvalue weighted by molar-refractivity contribution is 5.98. The number of likely N-dealkylation sites (tertiary alicyclic amines) is 1. The predicted octanol–water partition coefficient (Wildman–Crippen LogP) is 1.77. The Morgan fingerprint density at radius 3 is 2.42 bits per heavy atom. The normalized spacial score (nSPS) is 15.8. The number of hydrogen-bond donors (Lipinski definition) is 0. The first kappa shape index (κ1) is 22.6. The minimum Gasteiger partial charge on any atom is -0.486 e. The molecule has 2 aliphatic rings. The maximum Gasteiger partial charge on any atom is 0.309 e. The Bertz CT molecular complexity index is 829. The summed E-state index contributed by atoms with van der Waals surface area (Å²) in [6.45, 7) is 3.45. The number of amides is 1. The van der Waals surface area contributed by atoms with Crippen molar-refractivity contribution in [2.75, 3.05) is 39.5 Å². The van der Waals surface area contributed by atoms with Gasteiger partial charge in [-0.3, -0.25) is 19.2 Å². The van der Waals surface area contributed by atoms with Crippen molar-refractivity contribution in [1.29, 1.82) is 0 Å². The minimum atomic E-state index is -0.611. The van der Waals surface area contributed by atoms with Gasteiger partial charge < -0.3 is 23.8 Å². The largest absolute Gasteiger partial charge is 0.486 e.